The van der Waals surface area contributed by atoms with E-state index in [0.29, 0.717) is 9.23 Å². The zero-order valence-corrected chi connectivity index (χ0v) is 14.2. The third-order valence-electron chi connectivity index (χ3n) is 3.94. The molecule has 0 bridgehead atoms. The number of aliphatic carboxylic acids is 1. The van der Waals surface area contributed by atoms with Crippen molar-refractivity contribution in [2.45, 2.75) is 13.3 Å². The van der Waals surface area contributed by atoms with Crippen LogP contribution in [0.5, 0.6) is 0 Å². The fraction of sp³-hybridized carbons (Fsp3) is 0.312. The largest absolute Gasteiger partial charge is 0.480 e. The van der Waals surface area contributed by atoms with Crippen LogP contribution in [0.4, 0.5) is 5.69 Å². The summed E-state index contributed by atoms with van der Waals surface area (Å²) in [5, 5.41) is 8.85. The molecule has 1 fully saturated rings. The Bertz CT molecular complexity index is 730. The lowest BCUT2D eigenvalue weighted by atomic mass is 10.1. The number of carbonyl (C=O) groups excluding carboxylic acids is 1. The second kappa shape index (κ2) is 6.33. The van der Waals surface area contributed by atoms with E-state index < -0.39 is 12.5 Å². The van der Waals surface area contributed by atoms with Crippen LogP contribution in [0.25, 0.3) is 6.08 Å². The first-order valence-electron chi connectivity index (χ1n) is 7.34. The Morgan fingerprint density at radius 2 is 2.26 bits per heavy atom. The number of thiocarbonyl (C=S) groups is 1. The SMILES string of the molecule is CCN1CCc2cc(/C=C3\SC(=S)N(CC(=O)O)C3=O)ccc21. The molecule has 5 nitrogen and oxygen atoms in total. The van der Waals surface area contributed by atoms with Gasteiger partial charge in [-0.2, -0.15) is 0 Å². The number of nitrogens with zero attached hydrogens (tertiary/aromatic N) is 2. The third kappa shape index (κ3) is 3.11. The Hall–Kier alpha value is -1.86. The molecule has 0 radical (unpaired) electrons. The summed E-state index contributed by atoms with van der Waals surface area (Å²) in [5.74, 6) is -1.40. The predicted molar refractivity (Wildman–Crippen MR) is 95.5 cm³/mol. The van der Waals surface area contributed by atoms with E-state index >= 15 is 0 Å². The Labute approximate surface area is 143 Å². The van der Waals surface area contributed by atoms with Gasteiger partial charge in [-0.05, 0) is 42.7 Å². The highest BCUT2D eigenvalue weighted by molar-refractivity contribution is 8.26. The van der Waals surface area contributed by atoms with Gasteiger partial charge in [0.15, 0.2) is 0 Å². The van der Waals surface area contributed by atoms with Crippen molar-refractivity contribution in [3.63, 3.8) is 0 Å². The third-order valence-corrected chi connectivity index (χ3v) is 5.32. The smallest absolute Gasteiger partial charge is 0.323 e. The topological polar surface area (TPSA) is 60.9 Å². The van der Waals surface area contributed by atoms with Crippen LogP contribution >= 0.6 is 24.0 Å². The van der Waals surface area contributed by atoms with Crippen LogP contribution < -0.4 is 4.90 Å². The van der Waals surface area contributed by atoms with Crippen LogP contribution in [0.2, 0.25) is 0 Å². The molecule has 0 atom stereocenters. The molecular formula is C16H16N2O3S2. The number of hydrogen-bond donors (Lipinski definition) is 1. The van der Waals surface area contributed by atoms with Crippen LogP contribution in [0.15, 0.2) is 23.1 Å². The minimum atomic E-state index is -1.07. The van der Waals surface area contributed by atoms with E-state index in [2.05, 4.69) is 24.0 Å². The summed E-state index contributed by atoms with van der Waals surface area (Å²) in [6.07, 6.45) is 2.79. The number of likely N-dealkylation sites (N-methyl/N-ethyl adjacent to an activating group) is 1. The van der Waals surface area contributed by atoms with Crippen molar-refractivity contribution in [1.82, 2.24) is 4.90 Å². The number of carboxylic acid groups (broad SMARTS) is 1. The fourth-order valence-corrected chi connectivity index (χ4v) is 4.09. The average molecular weight is 348 g/mol. The molecule has 1 aromatic rings. The fourth-order valence-electron chi connectivity index (χ4n) is 2.83. The Morgan fingerprint density at radius 1 is 1.48 bits per heavy atom. The maximum Gasteiger partial charge on any atom is 0.323 e. The van der Waals surface area contributed by atoms with Crippen molar-refractivity contribution in [2.24, 2.45) is 0 Å². The van der Waals surface area contributed by atoms with E-state index in [0.717, 1.165) is 41.7 Å². The van der Waals surface area contributed by atoms with Crippen molar-refractivity contribution in [3.05, 3.63) is 34.2 Å². The molecule has 120 valence electrons. The van der Waals surface area contributed by atoms with Gasteiger partial charge in [-0.25, -0.2) is 0 Å². The summed E-state index contributed by atoms with van der Waals surface area (Å²) in [4.78, 5) is 27.0. The van der Waals surface area contributed by atoms with Crippen molar-refractivity contribution in [2.75, 3.05) is 24.5 Å². The number of benzene rings is 1. The van der Waals surface area contributed by atoms with Crippen LogP contribution in [0.3, 0.4) is 0 Å². The summed E-state index contributed by atoms with van der Waals surface area (Å²) >= 11 is 6.25. The standard InChI is InChI=1S/C16H16N2O3S2/c1-2-17-6-5-11-7-10(3-4-12(11)17)8-13-15(21)18(9-14(19)20)16(22)23-13/h3-4,7-8H,2,5-6,9H2,1H3,(H,19,20)/b13-8-. The van der Waals surface area contributed by atoms with Gasteiger partial charge in [-0.3, -0.25) is 14.5 Å². The monoisotopic (exact) mass is 348 g/mol. The van der Waals surface area contributed by atoms with Crippen molar-refractivity contribution < 1.29 is 14.7 Å². The quantitative estimate of drug-likeness (QED) is 0.666. The molecule has 0 unspecified atom stereocenters. The van der Waals surface area contributed by atoms with Crippen LogP contribution in [0.1, 0.15) is 18.1 Å². The summed E-state index contributed by atoms with van der Waals surface area (Å²) in [6, 6.07) is 6.15. The van der Waals surface area contributed by atoms with Gasteiger partial charge in [0.2, 0.25) is 0 Å². The van der Waals surface area contributed by atoms with Gasteiger partial charge in [0.1, 0.15) is 10.9 Å². The molecule has 0 spiro atoms. The number of anilines is 1. The van der Waals surface area contributed by atoms with E-state index in [1.54, 1.807) is 6.08 Å². The summed E-state index contributed by atoms with van der Waals surface area (Å²) in [7, 11) is 0. The Kier molecular flexibility index (Phi) is 4.41. The highest BCUT2D eigenvalue weighted by Gasteiger charge is 2.33. The molecule has 2 heterocycles. The van der Waals surface area contributed by atoms with Gasteiger partial charge in [0, 0.05) is 18.8 Å². The van der Waals surface area contributed by atoms with Gasteiger partial charge in [0.05, 0.1) is 4.91 Å². The van der Waals surface area contributed by atoms with Gasteiger partial charge in [0.25, 0.3) is 5.91 Å². The maximum absolute atomic E-state index is 12.3. The Morgan fingerprint density at radius 3 is 2.96 bits per heavy atom. The maximum atomic E-state index is 12.3. The lowest BCUT2D eigenvalue weighted by molar-refractivity contribution is -0.140. The lowest BCUT2D eigenvalue weighted by Gasteiger charge is -2.16. The molecule has 23 heavy (non-hydrogen) atoms. The Balaban J connectivity index is 1.84. The van der Waals surface area contributed by atoms with Gasteiger partial charge < -0.3 is 10.0 Å². The summed E-state index contributed by atoms with van der Waals surface area (Å²) in [6.45, 7) is 3.75. The zero-order valence-electron chi connectivity index (χ0n) is 12.6. The first-order valence-corrected chi connectivity index (χ1v) is 8.57. The average Bonchev–Trinajstić information content (AvgIpc) is 3.03. The van der Waals surface area contributed by atoms with E-state index in [1.807, 2.05) is 6.07 Å². The highest BCUT2D eigenvalue weighted by atomic mass is 32.2. The predicted octanol–water partition coefficient (Wildman–Crippen LogP) is 2.35. The first kappa shape index (κ1) is 16.0. The number of rotatable bonds is 4. The summed E-state index contributed by atoms with van der Waals surface area (Å²) < 4.78 is 0.293. The molecule has 7 heteroatoms. The van der Waals surface area contributed by atoms with Crippen LogP contribution in [-0.4, -0.2) is 45.8 Å². The highest BCUT2D eigenvalue weighted by Crippen LogP contribution is 2.34. The molecule has 1 N–H and O–H groups in total. The van der Waals surface area contributed by atoms with Gasteiger partial charge in [-0.15, -0.1) is 0 Å². The lowest BCUT2D eigenvalue weighted by Crippen LogP contribution is -2.33. The van der Waals surface area contributed by atoms with E-state index in [9.17, 15) is 9.59 Å². The van der Waals surface area contributed by atoms with Crippen LogP contribution in [0, 0.1) is 0 Å². The molecule has 0 aromatic heterocycles. The van der Waals surface area contributed by atoms with Crippen molar-refractivity contribution >= 4 is 51.9 Å². The van der Waals surface area contributed by atoms with Crippen molar-refractivity contribution in [1.29, 1.82) is 0 Å². The molecule has 1 aromatic carbocycles. The first-order chi connectivity index (χ1) is 11.0. The number of carboxylic acids is 1. The number of amides is 1. The minimum absolute atomic E-state index is 0.293. The molecule has 3 rings (SSSR count). The van der Waals surface area contributed by atoms with E-state index in [4.69, 9.17) is 17.3 Å². The minimum Gasteiger partial charge on any atom is -0.480 e. The van der Waals surface area contributed by atoms with Gasteiger partial charge >= 0.3 is 5.97 Å². The number of carbonyl (C=O) groups is 2. The van der Waals surface area contributed by atoms with E-state index in [1.165, 1.54) is 11.3 Å². The number of thioether (sulfide) groups is 1. The number of fused-ring (bicyclic) bond motifs is 1. The van der Waals surface area contributed by atoms with Gasteiger partial charge in [-0.1, -0.05) is 30.0 Å². The molecule has 2 aliphatic heterocycles. The molecule has 1 saturated heterocycles. The molecule has 1 amide bonds. The molecule has 0 saturated carbocycles. The molecule has 2 aliphatic rings. The summed E-state index contributed by atoms with van der Waals surface area (Å²) in [5.41, 5.74) is 3.47. The second-order valence-electron chi connectivity index (χ2n) is 5.38. The van der Waals surface area contributed by atoms with Crippen LogP contribution in [-0.2, 0) is 16.0 Å². The normalized spacial score (nSPS) is 18.9. The molecular weight excluding hydrogens is 332 g/mol. The second-order valence-corrected chi connectivity index (χ2v) is 7.06. The molecule has 0 aliphatic carbocycles. The van der Waals surface area contributed by atoms with Crippen molar-refractivity contribution in [3.8, 4) is 0 Å². The van der Waals surface area contributed by atoms with E-state index in [-0.39, 0.29) is 5.91 Å². The number of hydrogen-bond acceptors (Lipinski definition) is 5. The zero-order chi connectivity index (χ0) is 16.6.